The highest BCUT2D eigenvalue weighted by Gasteiger charge is 2.28. The number of amides is 2. The summed E-state index contributed by atoms with van der Waals surface area (Å²) >= 11 is 1.50. The maximum Gasteiger partial charge on any atom is 0.223 e. The molecule has 2 amide bonds. The second-order valence-corrected chi connectivity index (χ2v) is 6.27. The summed E-state index contributed by atoms with van der Waals surface area (Å²) in [5, 5.41) is 5.61. The first-order valence-corrected chi connectivity index (χ1v) is 8.24. The first kappa shape index (κ1) is 15.4. The summed E-state index contributed by atoms with van der Waals surface area (Å²) in [5.41, 5.74) is 2.04. The summed E-state index contributed by atoms with van der Waals surface area (Å²) in [7, 11) is 0. The Bertz CT molecular complexity index is 740. The number of nitrogens with one attached hydrogen (secondary N) is 1. The van der Waals surface area contributed by atoms with Crippen molar-refractivity contribution in [2.24, 2.45) is 0 Å². The van der Waals surface area contributed by atoms with Crippen molar-refractivity contribution < 1.29 is 9.59 Å². The zero-order chi connectivity index (χ0) is 16.2. The van der Waals surface area contributed by atoms with Gasteiger partial charge in [-0.2, -0.15) is 0 Å². The molecule has 23 heavy (non-hydrogen) atoms. The lowest BCUT2D eigenvalue weighted by Gasteiger charge is -2.32. The third-order valence-electron chi connectivity index (χ3n) is 3.77. The van der Waals surface area contributed by atoms with Gasteiger partial charge in [-0.3, -0.25) is 9.59 Å². The van der Waals surface area contributed by atoms with Crippen LogP contribution in [0, 0.1) is 0 Å². The number of hydrogen-bond acceptors (Lipinski definition) is 4. The van der Waals surface area contributed by atoms with Crippen LogP contribution in [0.4, 0.5) is 0 Å². The van der Waals surface area contributed by atoms with Crippen LogP contribution in [0.15, 0.2) is 42.0 Å². The molecule has 0 unspecified atom stereocenters. The summed E-state index contributed by atoms with van der Waals surface area (Å²) in [4.78, 5) is 29.9. The lowest BCUT2D eigenvalue weighted by atomic mass is 9.93. The molecule has 0 bridgehead atoms. The molecule has 2 aromatic rings. The lowest BCUT2D eigenvalue weighted by Crippen LogP contribution is -2.35. The zero-order valence-corrected chi connectivity index (χ0v) is 13.5. The fourth-order valence-corrected chi connectivity index (χ4v) is 3.23. The maximum atomic E-state index is 12.3. The SMILES string of the molecule is CC(=O)N1C=Cc2ccccc2[C@H]1CC(=O)NCc1nccs1. The van der Waals surface area contributed by atoms with Gasteiger partial charge in [-0.15, -0.1) is 11.3 Å². The smallest absolute Gasteiger partial charge is 0.223 e. The van der Waals surface area contributed by atoms with Gasteiger partial charge in [-0.1, -0.05) is 24.3 Å². The summed E-state index contributed by atoms with van der Waals surface area (Å²) < 4.78 is 0. The summed E-state index contributed by atoms with van der Waals surface area (Å²) in [5.74, 6) is -0.171. The van der Waals surface area contributed by atoms with Crippen molar-refractivity contribution >= 4 is 29.2 Å². The van der Waals surface area contributed by atoms with Crippen LogP contribution in [0.5, 0.6) is 0 Å². The van der Waals surface area contributed by atoms with E-state index in [1.54, 1.807) is 17.3 Å². The number of carbonyl (C=O) groups excluding carboxylic acids is 2. The predicted molar refractivity (Wildman–Crippen MR) is 89.3 cm³/mol. The minimum absolute atomic E-state index is 0.0755. The summed E-state index contributed by atoms with van der Waals surface area (Å²) in [6.07, 6.45) is 5.60. The third-order valence-corrected chi connectivity index (χ3v) is 4.55. The minimum Gasteiger partial charge on any atom is -0.350 e. The Morgan fingerprint density at radius 2 is 2.17 bits per heavy atom. The number of carbonyl (C=O) groups is 2. The second-order valence-electron chi connectivity index (χ2n) is 5.29. The molecular weight excluding hydrogens is 310 g/mol. The van der Waals surface area contributed by atoms with Crippen molar-refractivity contribution in [3.8, 4) is 0 Å². The van der Waals surface area contributed by atoms with Gasteiger partial charge in [0.05, 0.1) is 19.0 Å². The maximum absolute atomic E-state index is 12.3. The molecule has 0 radical (unpaired) electrons. The Labute approximate surface area is 138 Å². The number of aromatic nitrogens is 1. The zero-order valence-electron chi connectivity index (χ0n) is 12.7. The Hall–Kier alpha value is -2.47. The van der Waals surface area contributed by atoms with E-state index in [2.05, 4.69) is 10.3 Å². The number of hydrogen-bond donors (Lipinski definition) is 1. The van der Waals surface area contributed by atoms with E-state index < -0.39 is 0 Å². The molecule has 0 saturated heterocycles. The minimum atomic E-state index is -0.273. The standard InChI is InChI=1S/C17H17N3O2S/c1-12(21)20-8-6-13-4-2-3-5-14(13)15(20)10-16(22)19-11-17-18-7-9-23-17/h2-9,15H,10-11H2,1H3,(H,19,22)/t15-/m1/s1. The quantitative estimate of drug-likeness (QED) is 0.939. The van der Waals surface area contributed by atoms with E-state index in [9.17, 15) is 9.59 Å². The highest BCUT2D eigenvalue weighted by Crippen LogP contribution is 2.32. The van der Waals surface area contributed by atoms with Crippen LogP contribution in [0.3, 0.4) is 0 Å². The lowest BCUT2D eigenvalue weighted by molar-refractivity contribution is -0.130. The highest BCUT2D eigenvalue weighted by molar-refractivity contribution is 7.09. The second kappa shape index (κ2) is 6.75. The van der Waals surface area contributed by atoms with Crippen LogP contribution >= 0.6 is 11.3 Å². The van der Waals surface area contributed by atoms with Gasteiger partial charge in [-0.25, -0.2) is 4.98 Å². The van der Waals surface area contributed by atoms with Gasteiger partial charge in [0.15, 0.2) is 0 Å². The van der Waals surface area contributed by atoms with Crippen molar-refractivity contribution in [1.82, 2.24) is 15.2 Å². The van der Waals surface area contributed by atoms with Crippen molar-refractivity contribution in [2.45, 2.75) is 25.9 Å². The molecule has 1 N–H and O–H groups in total. The van der Waals surface area contributed by atoms with Gasteiger partial charge in [0, 0.05) is 24.7 Å². The molecule has 2 heterocycles. The van der Waals surface area contributed by atoms with Crippen LogP contribution < -0.4 is 5.32 Å². The number of thiazole rings is 1. The van der Waals surface area contributed by atoms with E-state index in [1.807, 2.05) is 35.7 Å². The van der Waals surface area contributed by atoms with Gasteiger partial charge in [0.1, 0.15) is 5.01 Å². The topological polar surface area (TPSA) is 62.3 Å². The van der Waals surface area contributed by atoms with E-state index in [4.69, 9.17) is 0 Å². The first-order valence-electron chi connectivity index (χ1n) is 7.36. The monoisotopic (exact) mass is 327 g/mol. The van der Waals surface area contributed by atoms with Gasteiger partial charge < -0.3 is 10.2 Å². The predicted octanol–water partition coefficient (Wildman–Crippen LogP) is 2.72. The van der Waals surface area contributed by atoms with Crippen LogP contribution in [-0.2, 0) is 16.1 Å². The molecule has 5 nitrogen and oxygen atoms in total. The Morgan fingerprint density at radius 1 is 1.35 bits per heavy atom. The molecule has 1 atom stereocenters. The molecule has 3 rings (SSSR count). The highest BCUT2D eigenvalue weighted by atomic mass is 32.1. The first-order chi connectivity index (χ1) is 11.1. The van der Waals surface area contributed by atoms with Crippen LogP contribution in [0.1, 0.15) is 35.5 Å². The molecular formula is C17H17N3O2S. The summed E-state index contributed by atoms with van der Waals surface area (Å²) in [6, 6.07) is 7.56. The van der Waals surface area contributed by atoms with Crippen molar-refractivity contribution in [3.05, 3.63) is 58.2 Å². The average Bonchev–Trinajstić information content (AvgIpc) is 3.06. The molecule has 1 aromatic carbocycles. The molecule has 0 aliphatic carbocycles. The Balaban J connectivity index is 1.74. The van der Waals surface area contributed by atoms with Crippen molar-refractivity contribution in [1.29, 1.82) is 0 Å². The summed E-state index contributed by atoms with van der Waals surface area (Å²) in [6.45, 7) is 1.93. The van der Waals surface area contributed by atoms with Gasteiger partial charge in [-0.05, 0) is 17.2 Å². The van der Waals surface area contributed by atoms with Crippen molar-refractivity contribution in [3.63, 3.8) is 0 Å². The number of rotatable bonds is 4. The molecule has 0 spiro atoms. The van der Waals surface area contributed by atoms with Crippen LogP contribution in [0.2, 0.25) is 0 Å². The number of nitrogens with zero attached hydrogens (tertiary/aromatic N) is 2. The number of benzene rings is 1. The van der Waals surface area contributed by atoms with Crippen LogP contribution in [-0.4, -0.2) is 21.7 Å². The van der Waals surface area contributed by atoms with E-state index in [1.165, 1.54) is 18.3 Å². The fourth-order valence-electron chi connectivity index (χ4n) is 2.68. The average molecular weight is 327 g/mol. The van der Waals surface area contributed by atoms with Gasteiger partial charge >= 0.3 is 0 Å². The van der Waals surface area contributed by atoms with E-state index in [0.717, 1.165) is 16.1 Å². The molecule has 6 heteroatoms. The molecule has 1 aromatic heterocycles. The Morgan fingerprint density at radius 3 is 2.91 bits per heavy atom. The molecule has 118 valence electrons. The molecule has 0 saturated carbocycles. The van der Waals surface area contributed by atoms with Crippen LogP contribution in [0.25, 0.3) is 6.08 Å². The van der Waals surface area contributed by atoms with E-state index in [-0.39, 0.29) is 24.3 Å². The molecule has 1 aliphatic heterocycles. The largest absolute Gasteiger partial charge is 0.350 e. The number of fused-ring (bicyclic) bond motifs is 1. The van der Waals surface area contributed by atoms with Gasteiger partial charge in [0.25, 0.3) is 0 Å². The normalized spacial score (nSPS) is 16.0. The van der Waals surface area contributed by atoms with Crippen molar-refractivity contribution in [2.75, 3.05) is 0 Å². The van der Waals surface area contributed by atoms with E-state index in [0.29, 0.717) is 6.54 Å². The fraction of sp³-hybridized carbons (Fsp3) is 0.235. The van der Waals surface area contributed by atoms with E-state index >= 15 is 0 Å². The molecule has 1 aliphatic rings. The molecule has 0 fully saturated rings. The Kier molecular flexibility index (Phi) is 4.52. The third kappa shape index (κ3) is 3.48. The van der Waals surface area contributed by atoms with Gasteiger partial charge in [0.2, 0.25) is 11.8 Å².